The summed E-state index contributed by atoms with van der Waals surface area (Å²) in [6.07, 6.45) is 5.74. The molecule has 13 heavy (non-hydrogen) atoms. The Balaban J connectivity index is 2.14. The number of ether oxygens (including phenoxy) is 1. The second-order valence-corrected chi connectivity index (χ2v) is 3.86. The molecule has 2 aliphatic rings. The second-order valence-electron chi connectivity index (χ2n) is 3.86. The molecule has 0 aromatic carbocycles. The number of carbonyl (C=O) groups is 1. The molecule has 0 bridgehead atoms. The van der Waals surface area contributed by atoms with Crippen molar-refractivity contribution < 1.29 is 14.7 Å². The van der Waals surface area contributed by atoms with Crippen LogP contribution in [0.4, 0.5) is 0 Å². The Kier molecular flexibility index (Phi) is 1.98. The molecule has 1 saturated heterocycles. The number of hydrogen-bond donors (Lipinski definition) is 1. The van der Waals surface area contributed by atoms with Gasteiger partial charge in [-0.15, -0.1) is 0 Å². The summed E-state index contributed by atoms with van der Waals surface area (Å²) < 4.78 is 5.26. The Morgan fingerprint density at radius 1 is 1.31 bits per heavy atom. The Morgan fingerprint density at radius 3 is 2.54 bits per heavy atom. The van der Waals surface area contributed by atoms with E-state index in [1.165, 1.54) is 6.42 Å². The zero-order valence-electron chi connectivity index (χ0n) is 7.45. The van der Waals surface area contributed by atoms with Crippen LogP contribution in [-0.4, -0.2) is 22.5 Å². The Labute approximate surface area is 76.6 Å². The Bertz CT molecular complexity index is 254. The highest BCUT2D eigenvalue weighted by Gasteiger charge is 2.45. The van der Waals surface area contributed by atoms with Gasteiger partial charge in [-0.1, -0.05) is 11.6 Å². The van der Waals surface area contributed by atoms with Crippen molar-refractivity contribution in [3.63, 3.8) is 0 Å². The molecule has 1 saturated carbocycles. The van der Waals surface area contributed by atoms with Gasteiger partial charge in [0.25, 0.3) is 0 Å². The molecule has 4 nitrogen and oxygen atoms in total. The summed E-state index contributed by atoms with van der Waals surface area (Å²) in [4.78, 5) is 11.2. The fourth-order valence-corrected chi connectivity index (χ4v) is 2.22. The van der Waals surface area contributed by atoms with Gasteiger partial charge in [0.1, 0.15) is 5.60 Å². The molecule has 0 unspecified atom stereocenters. The normalized spacial score (nSPS) is 29.5. The zero-order valence-corrected chi connectivity index (χ0v) is 7.45. The third-order valence-corrected chi connectivity index (χ3v) is 2.92. The van der Waals surface area contributed by atoms with E-state index in [9.17, 15) is 4.79 Å². The van der Waals surface area contributed by atoms with Crippen molar-refractivity contribution in [2.45, 2.75) is 44.1 Å². The molecule has 2 rings (SSSR count). The minimum atomic E-state index is -0.440. The first-order valence-corrected chi connectivity index (χ1v) is 4.70. The van der Waals surface area contributed by atoms with E-state index in [0.29, 0.717) is 6.42 Å². The molecule has 0 atom stereocenters. The van der Waals surface area contributed by atoms with Gasteiger partial charge in [0.2, 0.25) is 0 Å². The average Bonchev–Trinajstić information content (AvgIpc) is 2.44. The molecule has 4 heteroatoms. The van der Waals surface area contributed by atoms with Crippen LogP contribution >= 0.6 is 0 Å². The van der Waals surface area contributed by atoms with Gasteiger partial charge in [0.15, 0.2) is 5.71 Å². The van der Waals surface area contributed by atoms with Crippen LogP contribution in [0.2, 0.25) is 0 Å². The lowest BCUT2D eigenvalue weighted by atomic mass is 9.82. The maximum absolute atomic E-state index is 11.2. The summed E-state index contributed by atoms with van der Waals surface area (Å²) in [6.45, 7) is 0. The van der Waals surface area contributed by atoms with Gasteiger partial charge < -0.3 is 9.94 Å². The lowest BCUT2D eigenvalue weighted by Gasteiger charge is -2.30. The third kappa shape index (κ3) is 1.41. The average molecular weight is 183 g/mol. The predicted octanol–water partition coefficient (Wildman–Crippen LogP) is 1.47. The molecular weight excluding hydrogens is 170 g/mol. The smallest absolute Gasteiger partial charge is 0.356 e. The molecule has 1 spiro atoms. The van der Waals surface area contributed by atoms with Crippen molar-refractivity contribution in [2.75, 3.05) is 0 Å². The van der Waals surface area contributed by atoms with Crippen LogP contribution < -0.4 is 0 Å². The molecule has 0 aromatic heterocycles. The standard InChI is InChI=1S/C9H13NO3/c11-8-7(10-12)6-9(13-8)4-2-1-3-5-9/h12H,1-6H2/b10-7-. The van der Waals surface area contributed by atoms with Crippen molar-refractivity contribution in [2.24, 2.45) is 5.16 Å². The fourth-order valence-electron chi connectivity index (χ4n) is 2.22. The molecule has 1 N–H and O–H groups in total. The number of esters is 1. The van der Waals surface area contributed by atoms with Crippen LogP contribution in [0.25, 0.3) is 0 Å². The van der Waals surface area contributed by atoms with Crippen LogP contribution in [0, 0.1) is 0 Å². The molecule has 0 aromatic rings. The monoisotopic (exact) mass is 183 g/mol. The van der Waals surface area contributed by atoms with Gasteiger partial charge in [0, 0.05) is 6.42 Å². The van der Waals surface area contributed by atoms with Crippen LogP contribution in [0.5, 0.6) is 0 Å². The zero-order chi connectivity index (χ0) is 9.31. The second kappa shape index (κ2) is 3.01. The summed E-state index contributed by atoms with van der Waals surface area (Å²) in [5, 5.41) is 11.5. The molecule has 2 fully saturated rings. The van der Waals surface area contributed by atoms with Crippen LogP contribution in [-0.2, 0) is 9.53 Å². The highest BCUT2D eigenvalue weighted by molar-refractivity contribution is 6.38. The van der Waals surface area contributed by atoms with E-state index in [2.05, 4.69) is 5.16 Å². The molecule has 1 aliphatic carbocycles. The van der Waals surface area contributed by atoms with Crippen molar-refractivity contribution in [3.8, 4) is 0 Å². The number of oxime groups is 1. The minimum Gasteiger partial charge on any atom is -0.454 e. The maximum atomic E-state index is 11.2. The van der Waals surface area contributed by atoms with Crippen molar-refractivity contribution in [3.05, 3.63) is 0 Å². The van der Waals surface area contributed by atoms with Crippen LogP contribution in [0.3, 0.4) is 0 Å². The van der Waals surface area contributed by atoms with E-state index in [-0.39, 0.29) is 11.3 Å². The first kappa shape index (κ1) is 8.53. The van der Waals surface area contributed by atoms with Crippen molar-refractivity contribution in [1.29, 1.82) is 0 Å². The van der Waals surface area contributed by atoms with Gasteiger partial charge in [-0.25, -0.2) is 4.79 Å². The van der Waals surface area contributed by atoms with Crippen LogP contribution in [0.15, 0.2) is 5.16 Å². The van der Waals surface area contributed by atoms with Gasteiger partial charge in [-0.2, -0.15) is 0 Å². The van der Waals surface area contributed by atoms with Gasteiger partial charge in [-0.3, -0.25) is 0 Å². The van der Waals surface area contributed by atoms with E-state index >= 15 is 0 Å². The third-order valence-electron chi connectivity index (χ3n) is 2.92. The van der Waals surface area contributed by atoms with Crippen molar-refractivity contribution in [1.82, 2.24) is 0 Å². The van der Waals surface area contributed by atoms with Gasteiger partial charge >= 0.3 is 5.97 Å². The number of nitrogens with zero attached hydrogens (tertiary/aromatic N) is 1. The molecule has 0 amide bonds. The topological polar surface area (TPSA) is 58.9 Å². The summed E-state index contributed by atoms with van der Waals surface area (Å²) >= 11 is 0. The molecule has 1 aliphatic heterocycles. The lowest BCUT2D eigenvalue weighted by molar-refractivity contribution is -0.147. The summed E-state index contributed by atoms with van der Waals surface area (Å²) in [6, 6.07) is 0. The largest absolute Gasteiger partial charge is 0.454 e. The number of hydrogen-bond acceptors (Lipinski definition) is 4. The summed E-state index contributed by atoms with van der Waals surface area (Å²) in [7, 11) is 0. The highest BCUT2D eigenvalue weighted by atomic mass is 16.6. The van der Waals surface area contributed by atoms with E-state index in [1.54, 1.807) is 0 Å². The quantitative estimate of drug-likeness (QED) is 0.351. The molecular formula is C9H13NO3. The lowest BCUT2D eigenvalue weighted by Crippen LogP contribution is -2.30. The van der Waals surface area contributed by atoms with E-state index < -0.39 is 5.97 Å². The fraction of sp³-hybridized carbons (Fsp3) is 0.778. The first-order valence-electron chi connectivity index (χ1n) is 4.70. The SMILES string of the molecule is O=C1OC2(CCCCC2)C/C1=N/O. The van der Waals surface area contributed by atoms with E-state index in [0.717, 1.165) is 25.7 Å². The maximum Gasteiger partial charge on any atom is 0.356 e. The van der Waals surface area contributed by atoms with Gasteiger partial charge in [-0.05, 0) is 25.7 Å². The predicted molar refractivity (Wildman–Crippen MR) is 45.7 cm³/mol. The van der Waals surface area contributed by atoms with Crippen LogP contribution in [0.1, 0.15) is 38.5 Å². The highest BCUT2D eigenvalue weighted by Crippen LogP contribution is 2.38. The first-order chi connectivity index (χ1) is 6.26. The van der Waals surface area contributed by atoms with E-state index in [1.807, 2.05) is 0 Å². The van der Waals surface area contributed by atoms with E-state index in [4.69, 9.17) is 9.94 Å². The molecule has 72 valence electrons. The summed E-state index contributed by atoms with van der Waals surface area (Å²) in [5.41, 5.74) is -0.140. The number of rotatable bonds is 0. The molecule has 0 radical (unpaired) electrons. The Morgan fingerprint density at radius 2 is 2.00 bits per heavy atom. The van der Waals surface area contributed by atoms with Gasteiger partial charge in [0.05, 0.1) is 0 Å². The molecule has 1 heterocycles. The summed E-state index contributed by atoms with van der Waals surface area (Å²) in [5.74, 6) is -0.440. The van der Waals surface area contributed by atoms with Crippen molar-refractivity contribution >= 4 is 11.7 Å². The Hall–Kier alpha value is -1.06. The number of carbonyl (C=O) groups excluding carboxylic acids is 1. The minimum absolute atomic E-state index is 0.182.